The lowest BCUT2D eigenvalue weighted by molar-refractivity contribution is -0.120. The zero-order chi connectivity index (χ0) is 15.6. The maximum absolute atomic E-state index is 12.3. The van der Waals surface area contributed by atoms with Gasteiger partial charge in [0.15, 0.2) is 0 Å². The van der Waals surface area contributed by atoms with E-state index in [0.29, 0.717) is 30.1 Å². The van der Waals surface area contributed by atoms with Gasteiger partial charge < -0.3 is 5.32 Å². The summed E-state index contributed by atoms with van der Waals surface area (Å²) in [7, 11) is -3.25. The molecule has 0 saturated carbocycles. The zero-order valence-electron chi connectivity index (χ0n) is 12.1. The van der Waals surface area contributed by atoms with E-state index < -0.39 is 10.0 Å². The number of carbonyl (C=O) groups is 1. The predicted molar refractivity (Wildman–Crippen MR) is 84.0 cm³/mol. The van der Waals surface area contributed by atoms with Gasteiger partial charge in [-0.05, 0) is 37.5 Å². The minimum Gasteiger partial charge on any atom is -0.326 e. The van der Waals surface area contributed by atoms with Crippen molar-refractivity contribution in [2.24, 2.45) is 5.92 Å². The Balaban J connectivity index is 2.08. The van der Waals surface area contributed by atoms with E-state index in [1.807, 2.05) is 6.92 Å². The first-order chi connectivity index (χ1) is 9.79. The van der Waals surface area contributed by atoms with Gasteiger partial charge >= 0.3 is 0 Å². The molecule has 0 spiro atoms. The highest BCUT2D eigenvalue weighted by molar-refractivity contribution is 7.88. The zero-order valence-corrected chi connectivity index (χ0v) is 13.7. The van der Waals surface area contributed by atoms with Crippen LogP contribution in [-0.4, -0.2) is 38.0 Å². The number of benzene rings is 1. The Morgan fingerprint density at radius 3 is 2.81 bits per heavy atom. The van der Waals surface area contributed by atoms with E-state index in [4.69, 9.17) is 11.6 Å². The Morgan fingerprint density at radius 2 is 2.14 bits per heavy atom. The molecule has 21 heavy (non-hydrogen) atoms. The average Bonchev–Trinajstić information content (AvgIpc) is 2.43. The van der Waals surface area contributed by atoms with Crippen LogP contribution in [0.3, 0.4) is 0 Å². The second-order valence-corrected chi connectivity index (χ2v) is 7.75. The highest BCUT2D eigenvalue weighted by Crippen LogP contribution is 2.25. The first-order valence-corrected chi connectivity index (χ1v) is 9.03. The van der Waals surface area contributed by atoms with Crippen LogP contribution in [0.4, 0.5) is 5.69 Å². The summed E-state index contributed by atoms with van der Waals surface area (Å²) in [4.78, 5) is 12.3. The van der Waals surface area contributed by atoms with Gasteiger partial charge in [-0.15, -0.1) is 0 Å². The van der Waals surface area contributed by atoms with Crippen molar-refractivity contribution in [2.75, 3.05) is 24.7 Å². The number of halogens is 1. The second kappa shape index (κ2) is 6.34. The van der Waals surface area contributed by atoms with Crippen LogP contribution in [0.15, 0.2) is 18.2 Å². The van der Waals surface area contributed by atoms with Crippen LogP contribution in [0, 0.1) is 12.8 Å². The number of amides is 1. The van der Waals surface area contributed by atoms with Gasteiger partial charge in [-0.2, -0.15) is 0 Å². The summed E-state index contributed by atoms with van der Waals surface area (Å²) in [5, 5.41) is 3.44. The molecule has 1 heterocycles. The van der Waals surface area contributed by atoms with Crippen molar-refractivity contribution in [3.63, 3.8) is 0 Å². The Kier molecular flexibility index (Phi) is 4.91. The largest absolute Gasteiger partial charge is 0.326 e. The number of anilines is 1. The lowest BCUT2D eigenvalue weighted by Gasteiger charge is -2.30. The highest BCUT2D eigenvalue weighted by atomic mass is 35.5. The molecule has 1 amide bonds. The van der Waals surface area contributed by atoms with Gasteiger partial charge in [-0.3, -0.25) is 4.79 Å². The molecule has 1 aromatic rings. The third-order valence-corrected chi connectivity index (χ3v) is 5.43. The molecule has 7 heteroatoms. The van der Waals surface area contributed by atoms with Crippen molar-refractivity contribution in [2.45, 2.75) is 19.8 Å². The van der Waals surface area contributed by atoms with E-state index in [2.05, 4.69) is 5.32 Å². The molecule has 1 fully saturated rings. The van der Waals surface area contributed by atoms with Crippen LogP contribution in [0.25, 0.3) is 0 Å². The Labute approximate surface area is 130 Å². The monoisotopic (exact) mass is 330 g/mol. The number of piperidine rings is 1. The molecule has 0 radical (unpaired) electrons. The molecule has 2 rings (SSSR count). The molecule has 5 nitrogen and oxygen atoms in total. The Hall–Kier alpha value is -1.11. The van der Waals surface area contributed by atoms with Crippen LogP contribution in [0.2, 0.25) is 5.02 Å². The summed E-state index contributed by atoms with van der Waals surface area (Å²) in [6.07, 6.45) is 2.56. The van der Waals surface area contributed by atoms with E-state index in [9.17, 15) is 13.2 Å². The molecule has 0 aromatic heterocycles. The van der Waals surface area contributed by atoms with Crippen LogP contribution in [0.5, 0.6) is 0 Å². The lowest BCUT2D eigenvalue weighted by atomic mass is 9.98. The van der Waals surface area contributed by atoms with Crippen molar-refractivity contribution < 1.29 is 13.2 Å². The minimum atomic E-state index is -3.25. The summed E-state index contributed by atoms with van der Waals surface area (Å²) in [6.45, 7) is 2.56. The molecule has 1 aliphatic heterocycles. The van der Waals surface area contributed by atoms with Gasteiger partial charge in [0.2, 0.25) is 15.9 Å². The van der Waals surface area contributed by atoms with E-state index in [1.165, 1.54) is 10.6 Å². The summed E-state index contributed by atoms with van der Waals surface area (Å²) >= 11 is 6.03. The number of carbonyl (C=O) groups excluding carboxylic acids is 1. The SMILES string of the molecule is Cc1c(Cl)cccc1NC(=O)[C@@H]1CCCN(S(C)(=O)=O)C1. The summed E-state index contributed by atoms with van der Waals surface area (Å²) in [6, 6.07) is 5.32. The van der Waals surface area contributed by atoms with Gasteiger partial charge in [-0.25, -0.2) is 12.7 Å². The third-order valence-electron chi connectivity index (χ3n) is 3.75. The first-order valence-electron chi connectivity index (χ1n) is 6.80. The van der Waals surface area contributed by atoms with Crippen molar-refractivity contribution in [3.05, 3.63) is 28.8 Å². The van der Waals surface area contributed by atoms with Crippen LogP contribution < -0.4 is 5.32 Å². The number of rotatable bonds is 3. The van der Waals surface area contributed by atoms with Crippen molar-refractivity contribution >= 4 is 33.2 Å². The first kappa shape index (κ1) is 16.3. The Morgan fingerprint density at radius 1 is 1.43 bits per heavy atom. The summed E-state index contributed by atoms with van der Waals surface area (Å²) < 4.78 is 24.5. The fourth-order valence-corrected chi connectivity index (χ4v) is 3.52. The average molecular weight is 331 g/mol. The van der Waals surface area contributed by atoms with E-state index >= 15 is 0 Å². The summed E-state index contributed by atoms with van der Waals surface area (Å²) in [5.74, 6) is -0.486. The maximum atomic E-state index is 12.3. The van der Waals surface area contributed by atoms with E-state index in [0.717, 1.165) is 5.56 Å². The molecule has 0 aliphatic carbocycles. The molecule has 1 aromatic carbocycles. The molecule has 1 atom stereocenters. The molecule has 1 saturated heterocycles. The van der Waals surface area contributed by atoms with Crippen molar-refractivity contribution in [1.82, 2.24) is 4.31 Å². The third kappa shape index (κ3) is 3.96. The predicted octanol–water partition coefficient (Wildman–Crippen LogP) is 2.26. The number of sulfonamides is 1. The smallest absolute Gasteiger partial charge is 0.228 e. The topological polar surface area (TPSA) is 66.5 Å². The van der Waals surface area contributed by atoms with E-state index in [-0.39, 0.29) is 18.4 Å². The minimum absolute atomic E-state index is 0.159. The lowest BCUT2D eigenvalue weighted by Crippen LogP contribution is -2.43. The molecule has 0 bridgehead atoms. The number of nitrogens with one attached hydrogen (secondary N) is 1. The molecule has 1 aliphatic rings. The Bertz CT molecular complexity index is 646. The fraction of sp³-hybridized carbons (Fsp3) is 0.500. The number of hydrogen-bond donors (Lipinski definition) is 1. The van der Waals surface area contributed by atoms with Crippen LogP contribution >= 0.6 is 11.6 Å². The van der Waals surface area contributed by atoms with Crippen molar-refractivity contribution in [3.8, 4) is 0 Å². The van der Waals surface area contributed by atoms with Crippen molar-refractivity contribution in [1.29, 1.82) is 0 Å². The molecule has 116 valence electrons. The summed E-state index contributed by atoms with van der Waals surface area (Å²) in [5.41, 5.74) is 1.48. The number of hydrogen-bond acceptors (Lipinski definition) is 3. The molecular weight excluding hydrogens is 312 g/mol. The van der Waals surface area contributed by atoms with Gasteiger partial charge in [0.25, 0.3) is 0 Å². The van der Waals surface area contributed by atoms with Crippen LogP contribution in [0.1, 0.15) is 18.4 Å². The standard InChI is InChI=1S/C14H19ClN2O3S/c1-10-12(15)6-3-7-13(10)16-14(18)11-5-4-8-17(9-11)21(2,19)20/h3,6-7,11H,4-5,8-9H2,1-2H3,(H,16,18)/t11-/m1/s1. The van der Waals surface area contributed by atoms with Gasteiger partial charge in [0, 0.05) is 23.8 Å². The van der Waals surface area contributed by atoms with E-state index in [1.54, 1.807) is 18.2 Å². The quantitative estimate of drug-likeness (QED) is 0.924. The molecular formula is C14H19ClN2O3S. The molecule has 1 N–H and O–H groups in total. The van der Waals surface area contributed by atoms with Gasteiger partial charge in [0.05, 0.1) is 12.2 Å². The maximum Gasteiger partial charge on any atom is 0.228 e. The fourth-order valence-electron chi connectivity index (χ4n) is 2.44. The normalized spacial score (nSPS) is 20.2. The van der Waals surface area contributed by atoms with Gasteiger partial charge in [-0.1, -0.05) is 17.7 Å². The van der Waals surface area contributed by atoms with Crippen LogP contribution in [-0.2, 0) is 14.8 Å². The number of nitrogens with zero attached hydrogens (tertiary/aromatic N) is 1. The second-order valence-electron chi connectivity index (χ2n) is 5.36. The molecule has 0 unspecified atom stereocenters. The highest BCUT2D eigenvalue weighted by Gasteiger charge is 2.30. The van der Waals surface area contributed by atoms with Gasteiger partial charge in [0.1, 0.15) is 0 Å².